The number of methoxy groups -OCH3 is 6. The molecular formula is C21H22O9. The molecule has 0 amide bonds. The summed E-state index contributed by atoms with van der Waals surface area (Å²) in [6.07, 6.45) is 0. The van der Waals surface area contributed by atoms with Gasteiger partial charge in [-0.05, 0) is 12.1 Å². The van der Waals surface area contributed by atoms with E-state index in [1.165, 1.54) is 60.9 Å². The number of hydrogen-bond acceptors (Lipinski definition) is 9. The first-order chi connectivity index (χ1) is 14.4. The monoisotopic (exact) mass is 418 g/mol. The smallest absolute Gasteiger partial charge is 0.239 e. The molecule has 1 heterocycles. The molecule has 0 bridgehead atoms. The lowest BCUT2D eigenvalue weighted by Gasteiger charge is -2.16. The maximum absolute atomic E-state index is 13.3. The van der Waals surface area contributed by atoms with Crippen molar-refractivity contribution in [3.8, 4) is 51.6 Å². The molecule has 0 aliphatic heterocycles. The van der Waals surface area contributed by atoms with Crippen LogP contribution in [0.25, 0.3) is 22.3 Å². The SMILES string of the molecule is COc1cc(-c2oc3cc(OC)c(OC)c(OC)c3c(=O)c2OC)cc(OC)c1O. The molecule has 0 aliphatic rings. The van der Waals surface area contributed by atoms with Crippen molar-refractivity contribution < 1.29 is 37.9 Å². The van der Waals surface area contributed by atoms with Gasteiger partial charge in [0, 0.05) is 11.6 Å². The Morgan fingerprint density at radius 1 is 0.700 bits per heavy atom. The third kappa shape index (κ3) is 3.18. The number of phenols is 1. The lowest BCUT2D eigenvalue weighted by Crippen LogP contribution is -2.10. The molecule has 0 radical (unpaired) electrons. The van der Waals surface area contributed by atoms with Gasteiger partial charge in [-0.3, -0.25) is 4.79 Å². The molecular weight excluding hydrogens is 396 g/mol. The number of phenolic OH excluding ortho intramolecular Hbond substituents is 1. The maximum Gasteiger partial charge on any atom is 0.239 e. The summed E-state index contributed by atoms with van der Waals surface area (Å²) >= 11 is 0. The molecule has 0 fully saturated rings. The van der Waals surface area contributed by atoms with Gasteiger partial charge in [-0.15, -0.1) is 0 Å². The molecule has 1 aromatic heterocycles. The van der Waals surface area contributed by atoms with Crippen LogP contribution in [0.1, 0.15) is 0 Å². The Bertz CT molecular complexity index is 1120. The molecule has 3 rings (SSSR count). The van der Waals surface area contributed by atoms with Gasteiger partial charge in [0.25, 0.3) is 0 Å². The van der Waals surface area contributed by atoms with Gasteiger partial charge in [0.1, 0.15) is 11.0 Å². The van der Waals surface area contributed by atoms with Gasteiger partial charge < -0.3 is 37.9 Å². The van der Waals surface area contributed by atoms with E-state index in [-0.39, 0.29) is 51.2 Å². The third-order valence-corrected chi connectivity index (χ3v) is 4.59. The molecule has 1 N–H and O–H groups in total. The fourth-order valence-electron chi connectivity index (χ4n) is 3.20. The quantitative estimate of drug-likeness (QED) is 0.619. The number of ether oxygens (including phenoxy) is 6. The van der Waals surface area contributed by atoms with Crippen LogP contribution in [0.2, 0.25) is 0 Å². The first-order valence-electron chi connectivity index (χ1n) is 8.74. The maximum atomic E-state index is 13.3. The Morgan fingerprint density at radius 3 is 1.70 bits per heavy atom. The van der Waals surface area contributed by atoms with E-state index in [2.05, 4.69) is 0 Å². The molecule has 3 aromatic rings. The van der Waals surface area contributed by atoms with E-state index >= 15 is 0 Å². The Balaban J connectivity index is 2.45. The van der Waals surface area contributed by atoms with E-state index in [0.29, 0.717) is 11.3 Å². The molecule has 0 aliphatic carbocycles. The predicted octanol–water partition coefficient (Wildman–Crippen LogP) is 3.22. The van der Waals surface area contributed by atoms with Crippen LogP contribution < -0.4 is 33.8 Å². The fourth-order valence-corrected chi connectivity index (χ4v) is 3.20. The van der Waals surface area contributed by atoms with Gasteiger partial charge in [-0.2, -0.15) is 0 Å². The van der Waals surface area contributed by atoms with Gasteiger partial charge >= 0.3 is 0 Å². The highest BCUT2D eigenvalue weighted by molar-refractivity contribution is 5.92. The summed E-state index contributed by atoms with van der Waals surface area (Å²) in [6, 6.07) is 4.53. The number of hydrogen-bond donors (Lipinski definition) is 1. The average Bonchev–Trinajstić information content (AvgIpc) is 2.77. The lowest BCUT2D eigenvalue weighted by molar-refractivity contribution is 0.325. The molecule has 0 atom stereocenters. The number of aromatic hydroxyl groups is 1. The van der Waals surface area contributed by atoms with Crippen LogP contribution in [0.3, 0.4) is 0 Å². The summed E-state index contributed by atoms with van der Waals surface area (Å²) in [5.41, 5.74) is 0.111. The van der Waals surface area contributed by atoms with Crippen LogP contribution in [-0.4, -0.2) is 47.8 Å². The molecule has 0 unspecified atom stereocenters. The lowest BCUT2D eigenvalue weighted by atomic mass is 10.1. The Labute approximate surface area is 172 Å². The Morgan fingerprint density at radius 2 is 1.23 bits per heavy atom. The topological polar surface area (TPSA) is 106 Å². The van der Waals surface area contributed by atoms with Crippen molar-refractivity contribution >= 4 is 11.0 Å². The van der Waals surface area contributed by atoms with E-state index in [9.17, 15) is 9.90 Å². The van der Waals surface area contributed by atoms with E-state index < -0.39 is 5.43 Å². The zero-order valence-electron chi connectivity index (χ0n) is 17.4. The van der Waals surface area contributed by atoms with Crippen LogP contribution in [0, 0.1) is 0 Å². The second-order valence-corrected chi connectivity index (χ2v) is 6.04. The van der Waals surface area contributed by atoms with Crippen molar-refractivity contribution in [3.63, 3.8) is 0 Å². The van der Waals surface area contributed by atoms with Gasteiger partial charge in [-0.1, -0.05) is 0 Å². The Hall–Kier alpha value is -3.75. The van der Waals surface area contributed by atoms with E-state index in [1.54, 1.807) is 0 Å². The van der Waals surface area contributed by atoms with Crippen LogP contribution in [-0.2, 0) is 0 Å². The van der Waals surface area contributed by atoms with E-state index in [4.69, 9.17) is 32.8 Å². The zero-order chi connectivity index (χ0) is 22.0. The van der Waals surface area contributed by atoms with Crippen molar-refractivity contribution in [2.75, 3.05) is 42.7 Å². The first-order valence-corrected chi connectivity index (χ1v) is 8.74. The molecule has 30 heavy (non-hydrogen) atoms. The third-order valence-electron chi connectivity index (χ3n) is 4.59. The average molecular weight is 418 g/mol. The van der Waals surface area contributed by atoms with Crippen molar-refractivity contribution in [1.82, 2.24) is 0 Å². The molecule has 0 spiro atoms. The minimum Gasteiger partial charge on any atom is -0.502 e. The fraction of sp³-hybridized carbons (Fsp3) is 0.286. The van der Waals surface area contributed by atoms with Crippen LogP contribution >= 0.6 is 0 Å². The highest BCUT2D eigenvalue weighted by atomic mass is 16.5. The summed E-state index contributed by atoms with van der Waals surface area (Å²) in [6.45, 7) is 0. The van der Waals surface area contributed by atoms with E-state index in [1.807, 2.05) is 0 Å². The summed E-state index contributed by atoms with van der Waals surface area (Å²) in [5, 5.41) is 10.3. The molecule has 0 saturated carbocycles. The second kappa shape index (κ2) is 8.32. The molecule has 2 aromatic carbocycles. The van der Waals surface area contributed by atoms with Crippen molar-refractivity contribution in [3.05, 3.63) is 28.4 Å². The summed E-state index contributed by atoms with van der Waals surface area (Å²) in [4.78, 5) is 13.3. The number of fused-ring (bicyclic) bond motifs is 1. The zero-order valence-corrected chi connectivity index (χ0v) is 17.4. The van der Waals surface area contributed by atoms with Crippen LogP contribution in [0.5, 0.6) is 40.2 Å². The normalized spacial score (nSPS) is 10.6. The van der Waals surface area contributed by atoms with E-state index in [0.717, 1.165) is 0 Å². The largest absolute Gasteiger partial charge is 0.502 e. The highest BCUT2D eigenvalue weighted by Crippen LogP contribution is 2.46. The van der Waals surface area contributed by atoms with Gasteiger partial charge in [0.2, 0.25) is 22.7 Å². The molecule has 9 nitrogen and oxygen atoms in total. The second-order valence-electron chi connectivity index (χ2n) is 6.04. The van der Waals surface area contributed by atoms with Crippen LogP contribution in [0.4, 0.5) is 0 Å². The summed E-state index contributed by atoms with van der Waals surface area (Å²) < 4.78 is 37.9. The first kappa shape index (κ1) is 21.0. The van der Waals surface area contributed by atoms with Gasteiger partial charge in [0.15, 0.2) is 28.8 Å². The molecule has 9 heteroatoms. The standard InChI is InChI=1S/C21H22O9/c1-24-12-7-10(8-13(25-2)16(12)22)18-21(29-6)17(23)15-11(30-18)9-14(26-3)19(27-4)20(15)28-5/h7-9,22H,1-6H3. The number of rotatable bonds is 7. The highest BCUT2D eigenvalue weighted by Gasteiger charge is 2.26. The minimum absolute atomic E-state index is 0.0668. The van der Waals surface area contributed by atoms with Crippen LogP contribution in [0.15, 0.2) is 27.4 Å². The number of benzene rings is 2. The van der Waals surface area contributed by atoms with Crippen molar-refractivity contribution in [2.24, 2.45) is 0 Å². The summed E-state index contributed by atoms with van der Waals surface area (Å²) in [7, 11) is 8.45. The Kier molecular flexibility index (Phi) is 5.81. The van der Waals surface area contributed by atoms with Gasteiger partial charge in [-0.25, -0.2) is 0 Å². The van der Waals surface area contributed by atoms with Crippen molar-refractivity contribution in [1.29, 1.82) is 0 Å². The predicted molar refractivity (Wildman–Crippen MR) is 109 cm³/mol. The molecule has 0 saturated heterocycles. The molecule has 160 valence electrons. The summed E-state index contributed by atoms with van der Waals surface area (Å²) in [5.74, 6) is 0.872. The van der Waals surface area contributed by atoms with Gasteiger partial charge in [0.05, 0.1) is 42.7 Å². The minimum atomic E-state index is -0.474. The van der Waals surface area contributed by atoms with Crippen molar-refractivity contribution in [2.45, 2.75) is 0 Å².